The zero-order chi connectivity index (χ0) is 26.5. The average Bonchev–Trinajstić information content (AvgIpc) is 2.87. The van der Waals surface area contributed by atoms with E-state index in [1.54, 1.807) is 0 Å². The van der Waals surface area contributed by atoms with Crippen molar-refractivity contribution in [1.82, 2.24) is 10.2 Å². The molecule has 10 heteroatoms. The van der Waals surface area contributed by atoms with Crippen LogP contribution in [-0.4, -0.2) is 10.2 Å². The van der Waals surface area contributed by atoms with Crippen molar-refractivity contribution in [3.8, 4) is 11.6 Å². The Hall–Kier alpha value is -4.08. The number of hydrogen-bond acceptors (Lipinski definition) is 4. The van der Waals surface area contributed by atoms with Crippen molar-refractivity contribution >= 4 is 0 Å². The third kappa shape index (κ3) is 7.22. The lowest BCUT2D eigenvalue weighted by Crippen LogP contribution is -2.12. The molecule has 0 amide bonds. The van der Waals surface area contributed by atoms with Crippen LogP contribution >= 0.6 is 0 Å². The summed E-state index contributed by atoms with van der Waals surface area (Å²) in [5.41, 5.74) is -1.21. The molecule has 0 unspecified atom stereocenters. The normalized spacial score (nSPS) is 11.8. The predicted molar refractivity (Wildman–Crippen MR) is 123 cm³/mol. The fourth-order valence-electron chi connectivity index (χ4n) is 3.48. The monoisotopic (exact) mass is 518 g/mol. The minimum Gasteiger partial charge on any atom is -0.483 e. The highest BCUT2D eigenvalue weighted by Crippen LogP contribution is 2.37. The van der Waals surface area contributed by atoms with Gasteiger partial charge in [-0.15, -0.1) is 5.10 Å². The SMILES string of the molecule is FC(F)(F)c1cc(Cc2cc(OCc3ccccc3)c(OCc3ccccc3)nn2)cc(C(F)(F)F)c1. The average molecular weight is 518 g/mol. The van der Waals surface area contributed by atoms with Gasteiger partial charge in [0, 0.05) is 12.5 Å². The highest BCUT2D eigenvalue weighted by Gasteiger charge is 2.36. The van der Waals surface area contributed by atoms with Gasteiger partial charge in [0.2, 0.25) is 0 Å². The molecule has 37 heavy (non-hydrogen) atoms. The van der Waals surface area contributed by atoms with Gasteiger partial charge < -0.3 is 9.47 Å². The predicted octanol–water partition coefficient (Wildman–Crippen LogP) is 7.26. The molecule has 0 aliphatic rings. The first-order valence-electron chi connectivity index (χ1n) is 11.1. The molecule has 0 radical (unpaired) electrons. The molecule has 192 valence electrons. The second-order valence-corrected chi connectivity index (χ2v) is 8.14. The maximum atomic E-state index is 13.2. The van der Waals surface area contributed by atoms with Gasteiger partial charge in [0.15, 0.2) is 5.75 Å². The van der Waals surface area contributed by atoms with Crippen LogP contribution in [0.2, 0.25) is 0 Å². The molecule has 0 bridgehead atoms. The second-order valence-electron chi connectivity index (χ2n) is 8.14. The molecule has 0 aliphatic carbocycles. The Labute approximate surface area is 208 Å². The Morgan fingerprint density at radius 3 is 1.59 bits per heavy atom. The Bertz CT molecular complexity index is 1290. The summed E-state index contributed by atoms with van der Waals surface area (Å²) >= 11 is 0. The summed E-state index contributed by atoms with van der Waals surface area (Å²) in [5.74, 6) is 0.205. The fourth-order valence-corrected chi connectivity index (χ4v) is 3.48. The van der Waals surface area contributed by atoms with Crippen LogP contribution in [0.25, 0.3) is 0 Å². The van der Waals surface area contributed by atoms with E-state index in [0.717, 1.165) is 11.1 Å². The Balaban J connectivity index is 1.62. The molecule has 4 aromatic rings. The van der Waals surface area contributed by atoms with Gasteiger partial charge in [-0.1, -0.05) is 60.7 Å². The summed E-state index contributed by atoms with van der Waals surface area (Å²) in [6, 6.07) is 21.2. The molecule has 4 rings (SSSR count). The van der Waals surface area contributed by atoms with Gasteiger partial charge in [0.25, 0.3) is 5.88 Å². The lowest BCUT2D eigenvalue weighted by Gasteiger charge is -2.15. The highest BCUT2D eigenvalue weighted by atomic mass is 19.4. The zero-order valence-electron chi connectivity index (χ0n) is 19.2. The number of benzene rings is 3. The Morgan fingerprint density at radius 2 is 1.08 bits per heavy atom. The number of hydrogen-bond donors (Lipinski definition) is 0. The zero-order valence-corrected chi connectivity index (χ0v) is 19.2. The van der Waals surface area contributed by atoms with E-state index in [4.69, 9.17) is 9.47 Å². The van der Waals surface area contributed by atoms with Crippen molar-refractivity contribution in [3.05, 3.63) is 118 Å². The van der Waals surface area contributed by atoms with E-state index < -0.39 is 23.5 Å². The first-order valence-corrected chi connectivity index (χ1v) is 11.1. The van der Waals surface area contributed by atoms with E-state index in [1.807, 2.05) is 60.7 Å². The smallest absolute Gasteiger partial charge is 0.416 e. The van der Waals surface area contributed by atoms with Crippen LogP contribution in [0.1, 0.15) is 33.5 Å². The number of halogens is 6. The standard InChI is InChI=1S/C27H20F6N2O2/c28-26(29,30)21-11-20(12-22(14-21)27(31,32)33)13-23-15-24(36-16-18-7-3-1-4-8-18)25(35-34-23)37-17-19-9-5-2-6-10-19/h1-12,14-15H,13,16-17H2. The van der Waals surface area contributed by atoms with Crippen LogP contribution in [-0.2, 0) is 32.0 Å². The summed E-state index contributed by atoms with van der Waals surface area (Å²) in [6.07, 6.45) is -10.2. The summed E-state index contributed by atoms with van der Waals surface area (Å²) in [6.45, 7) is 0.286. The van der Waals surface area contributed by atoms with Gasteiger partial charge in [-0.05, 0) is 34.9 Å². The number of nitrogens with zero attached hydrogens (tertiary/aromatic N) is 2. The first kappa shape index (κ1) is 26.0. The van der Waals surface area contributed by atoms with E-state index in [9.17, 15) is 26.3 Å². The summed E-state index contributed by atoms with van der Waals surface area (Å²) < 4.78 is 91.1. The number of alkyl halides is 6. The maximum absolute atomic E-state index is 13.2. The molecule has 0 fully saturated rings. The molecule has 1 heterocycles. The quantitative estimate of drug-likeness (QED) is 0.230. The van der Waals surface area contributed by atoms with Crippen LogP contribution < -0.4 is 9.47 Å². The van der Waals surface area contributed by atoms with Gasteiger partial charge in [0.05, 0.1) is 16.8 Å². The van der Waals surface area contributed by atoms with Crippen molar-refractivity contribution in [2.45, 2.75) is 32.0 Å². The minimum atomic E-state index is -4.94. The van der Waals surface area contributed by atoms with Crippen molar-refractivity contribution < 1.29 is 35.8 Å². The maximum Gasteiger partial charge on any atom is 0.416 e. The molecule has 0 N–H and O–H groups in total. The largest absolute Gasteiger partial charge is 0.483 e. The lowest BCUT2D eigenvalue weighted by molar-refractivity contribution is -0.143. The molecule has 0 aliphatic heterocycles. The molecule has 4 nitrogen and oxygen atoms in total. The van der Waals surface area contributed by atoms with Crippen LogP contribution in [0.3, 0.4) is 0 Å². The van der Waals surface area contributed by atoms with E-state index in [2.05, 4.69) is 10.2 Å². The summed E-state index contributed by atoms with van der Waals surface area (Å²) in [7, 11) is 0. The number of ether oxygens (including phenoxy) is 2. The summed E-state index contributed by atoms with van der Waals surface area (Å²) in [5, 5.41) is 7.97. The van der Waals surface area contributed by atoms with Crippen LogP contribution in [0.4, 0.5) is 26.3 Å². The third-order valence-corrected chi connectivity index (χ3v) is 5.27. The van der Waals surface area contributed by atoms with Gasteiger partial charge in [-0.3, -0.25) is 0 Å². The van der Waals surface area contributed by atoms with Crippen LogP contribution in [0, 0.1) is 0 Å². The van der Waals surface area contributed by atoms with Crippen molar-refractivity contribution in [1.29, 1.82) is 0 Å². The van der Waals surface area contributed by atoms with Crippen molar-refractivity contribution in [3.63, 3.8) is 0 Å². The van der Waals surface area contributed by atoms with E-state index in [1.165, 1.54) is 6.07 Å². The molecular formula is C27H20F6N2O2. The molecule has 0 saturated heterocycles. The van der Waals surface area contributed by atoms with E-state index >= 15 is 0 Å². The van der Waals surface area contributed by atoms with E-state index in [0.29, 0.717) is 12.1 Å². The third-order valence-electron chi connectivity index (χ3n) is 5.27. The highest BCUT2D eigenvalue weighted by molar-refractivity contribution is 5.39. The van der Waals surface area contributed by atoms with Gasteiger partial charge in [-0.25, -0.2) is 0 Å². The van der Waals surface area contributed by atoms with Gasteiger partial charge in [0.1, 0.15) is 13.2 Å². The summed E-state index contributed by atoms with van der Waals surface area (Å²) in [4.78, 5) is 0. The molecule has 3 aromatic carbocycles. The molecule has 0 spiro atoms. The number of aromatic nitrogens is 2. The first-order chi connectivity index (χ1) is 17.6. The van der Waals surface area contributed by atoms with Crippen LogP contribution in [0.15, 0.2) is 84.9 Å². The molecule has 0 atom stereocenters. The Kier molecular flexibility index (Phi) is 7.66. The lowest BCUT2D eigenvalue weighted by atomic mass is 10.0. The van der Waals surface area contributed by atoms with Gasteiger partial charge >= 0.3 is 12.4 Å². The molecule has 0 saturated carbocycles. The van der Waals surface area contributed by atoms with Crippen molar-refractivity contribution in [2.75, 3.05) is 0 Å². The topological polar surface area (TPSA) is 44.2 Å². The molecular weight excluding hydrogens is 498 g/mol. The number of rotatable bonds is 8. The van der Waals surface area contributed by atoms with Gasteiger partial charge in [-0.2, -0.15) is 31.4 Å². The van der Waals surface area contributed by atoms with E-state index in [-0.39, 0.29) is 48.6 Å². The van der Waals surface area contributed by atoms with Crippen LogP contribution in [0.5, 0.6) is 11.6 Å². The Morgan fingerprint density at radius 1 is 0.568 bits per heavy atom. The molecule has 1 aromatic heterocycles. The second kappa shape index (κ2) is 10.9. The minimum absolute atomic E-state index is 0.0450. The van der Waals surface area contributed by atoms with Crippen molar-refractivity contribution in [2.24, 2.45) is 0 Å². The fraction of sp³-hybridized carbons (Fsp3) is 0.185.